The maximum Gasteiger partial charge on any atom is 0.222 e. The van der Waals surface area contributed by atoms with Crippen LogP contribution in [0.3, 0.4) is 0 Å². The van der Waals surface area contributed by atoms with Crippen molar-refractivity contribution in [1.29, 1.82) is 0 Å². The standard InChI is InChI=1S/C14H19NO2/c1-11(9-10-13(16)15(2)3)14(17)12-7-5-4-6-8-12/h4-8,11H,9-10H2,1-3H3/t11-/m0/s1. The number of carbonyl (C=O) groups is 2. The third-order valence-electron chi connectivity index (χ3n) is 2.80. The van der Waals surface area contributed by atoms with E-state index in [1.165, 1.54) is 0 Å². The van der Waals surface area contributed by atoms with Crippen LogP contribution < -0.4 is 0 Å². The summed E-state index contributed by atoms with van der Waals surface area (Å²) >= 11 is 0. The molecule has 0 saturated carbocycles. The zero-order chi connectivity index (χ0) is 12.8. The lowest BCUT2D eigenvalue weighted by Crippen LogP contribution is -2.23. The molecular formula is C14H19NO2. The average Bonchev–Trinajstić information content (AvgIpc) is 2.35. The van der Waals surface area contributed by atoms with Crippen LogP contribution >= 0.6 is 0 Å². The van der Waals surface area contributed by atoms with Gasteiger partial charge >= 0.3 is 0 Å². The highest BCUT2D eigenvalue weighted by Crippen LogP contribution is 2.14. The summed E-state index contributed by atoms with van der Waals surface area (Å²) in [5, 5.41) is 0. The van der Waals surface area contributed by atoms with Crippen LogP contribution in [-0.2, 0) is 4.79 Å². The Hall–Kier alpha value is -1.64. The van der Waals surface area contributed by atoms with Crippen LogP contribution in [0.1, 0.15) is 30.1 Å². The Morgan fingerprint density at radius 3 is 2.29 bits per heavy atom. The molecule has 0 unspecified atom stereocenters. The van der Waals surface area contributed by atoms with Gasteiger partial charge in [-0.2, -0.15) is 0 Å². The molecule has 0 aromatic heterocycles. The Bertz CT molecular complexity index is 384. The zero-order valence-electron chi connectivity index (χ0n) is 10.6. The SMILES string of the molecule is C[C@@H](CCC(=O)N(C)C)C(=O)c1ccccc1. The molecule has 0 spiro atoms. The highest BCUT2D eigenvalue weighted by Gasteiger charge is 2.16. The largest absolute Gasteiger partial charge is 0.349 e. The summed E-state index contributed by atoms with van der Waals surface area (Å²) < 4.78 is 0. The summed E-state index contributed by atoms with van der Waals surface area (Å²) in [5.41, 5.74) is 0.720. The van der Waals surface area contributed by atoms with Crippen LogP contribution in [0, 0.1) is 5.92 Å². The monoisotopic (exact) mass is 233 g/mol. The summed E-state index contributed by atoms with van der Waals surface area (Å²) in [5.74, 6) is 0.0659. The van der Waals surface area contributed by atoms with Gasteiger partial charge in [0, 0.05) is 32.0 Å². The van der Waals surface area contributed by atoms with E-state index in [1.807, 2.05) is 37.3 Å². The van der Waals surface area contributed by atoms with Crippen LogP contribution in [0.4, 0.5) is 0 Å². The minimum absolute atomic E-state index is 0.0673. The molecule has 1 atom stereocenters. The molecular weight excluding hydrogens is 214 g/mol. The number of carbonyl (C=O) groups excluding carboxylic acids is 2. The molecule has 1 amide bonds. The average molecular weight is 233 g/mol. The summed E-state index contributed by atoms with van der Waals surface area (Å²) in [6.45, 7) is 1.87. The van der Waals surface area contributed by atoms with Crippen molar-refractivity contribution in [3.63, 3.8) is 0 Å². The summed E-state index contributed by atoms with van der Waals surface area (Å²) in [4.78, 5) is 25.0. The Morgan fingerprint density at radius 2 is 1.76 bits per heavy atom. The molecule has 0 aliphatic heterocycles. The number of amides is 1. The summed E-state index contributed by atoms with van der Waals surface area (Å²) in [7, 11) is 3.46. The first-order valence-corrected chi connectivity index (χ1v) is 5.81. The third-order valence-corrected chi connectivity index (χ3v) is 2.80. The van der Waals surface area contributed by atoms with E-state index < -0.39 is 0 Å². The molecule has 1 aromatic carbocycles. The lowest BCUT2D eigenvalue weighted by Gasteiger charge is -2.13. The zero-order valence-corrected chi connectivity index (χ0v) is 10.6. The first-order valence-electron chi connectivity index (χ1n) is 5.81. The predicted octanol–water partition coefficient (Wildman–Crippen LogP) is 2.37. The van der Waals surface area contributed by atoms with E-state index in [2.05, 4.69) is 0 Å². The lowest BCUT2D eigenvalue weighted by atomic mass is 9.95. The fourth-order valence-electron chi connectivity index (χ4n) is 1.58. The minimum Gasteiger partial charge on any atom is -0.349 e. The normalized spacial score (nSPS) is 11.9. The van der Waals surface area contributed by atoms with E-state index >= 15 is 0 Å². The second-order valence-corrected chi connectivity index (χ2v) is 4.46. The topological polar surface area (TPSA) is 37.4 Å². The van der Waals surface area contributed by atoms with Crippen LogP contribution in [0.25, 0.3) is 0 Å². The van der Waals surface area contributed by atoms with Crippen molar-refractivity contribution in [3.05, 3.63) is 35.9 Å². The molecule has 3 heteroatoms. The number of benzene rings is 1. The van der Waals surface area contributed by atoms with Gasteiger partial charge in [-0.1, -0.05) is 37.3 Å². The molecule has 17 heavy (non-hydrogen) atoms. The van der Waals surface area contributed by atoms with Crippen molar-refractivity contribution in [1.82, 2.24) is 4.90 Å². The van der Waals surface area contributed by atoms with Crippen LogP contribution in [0.15, 0.2) is 30.3 Å². The molecule has 0 bridgehead atoms. The maximum atomic E-state index is 12.0. The maximum absolute atomic E-state index is 12.0. The quantitative estimate of drug-likeness (QED) is 0.732. The first-order chi connectivity index (χ1) is 8.02. The smallest absolute Gasteiger partial charge is 0.222 e. The predicted molar refractivity (Wildman–Crippen MR) is 67.9 cm³/mol. The fourth-order valence-corrected chi connectivity index (χ4v) is 1.58. The molecule has 0 saturated heterocycles. The van der Waals surface area contributed by atoms with E-state index in [0.29, 0.717) is 12.8 Å². The number of nitrogens with zero attached hydrogens (tertiary/aromatic N) is 1. The van der Waals surface area contributed by atoms with Gasteiger partial charge in [0.15, 0.2) is 5.78 Å². The summed E-state index contributed by atoms with van der Waals surface area (Å²) in [6.07, 6.45) is 1.03. The van der Waals surface area contributed by atoms with Crippen molar-refractivity contribution in [2.24, 2.45) is 5.92 Å². The van der Waals surface area contributed by atoms with E-state index in [9.17, 15) is 9.59 Å². The van der Waals surface area contributed by atoms with E-state index in [4.69, 9.17) is 0 Å². The Labute approximate surface area is 102 Å². The minimum atomic E-state index is -0.110. The molecule has 0 heterocycles. The molecule has 1 aromatic rings. The molecule has 0 aliphatic carbocycles. The van der Waals surface area contributed by atoms with Crippen molar-refractivity contribution >= 4 is 11.7 Å². The number of hydrogen-bond donors (Lipinski definition) is 0. The molecule has 3 nitrogen and oxygen atoms in total. The molecule has 0 aliphatic rings. The van der Waals surface area contributed by atoms with Gasteiger partial charge in [0.05, 0.1) is 0 Å². The molecule has 92 valence electrons. The number of rotatable bonds is 5. The van der Waals surface area contributed by atoms with E-state index in [0.717, 1.165) is 5.56 Å². The van der Waals surface area contributed by atoms with Crippen molar-refractivity contribution < 1.29 is 9.59 Å². The molecule has 0 N–H and O–H groups in total. The first kappa shape index (κ1) is 13.4. The second kappa shape index (κ2) is 6.18. The van der Waals surface area contributed by atoms with Gasteiger partial charge in [-0.05, 0) is 6.42 Å². The molecule has 1 rings (SSSR count). The van der Waals surface area contributed by atoms with Crippen molar-refractivity contribution in [2.45, 2.75) is 19.8 Å². The van der Waals surface area contributed by atoms with Gasteiger partial charge in [-0.15, -0.1) is 0 Å². The highest BCUT2D eigenvalue weighted by molar-refractivity contribution is 5.97. The fraction of sp³-hybridized carbons (Fsp3) is 0.429. The Morgan fingerprint density at radius 1 is 1.18 bits per heavy atom. The van der Waals surface area contributed by atoms with E-state index in [-0.39, 0.29) is 17.6 Å². The third kappa shape index (κ3) is 4.02. The number of hydrogen-bond acceptors (Lipinski definition) is 2. The van der Waals surface area contributed by atoms with E-state index in [1.54, 1.807) is 19.0 Å². The van der Waals surface area contributed by atoms with Gasteiger partial charge in [0.25, 0.3) is 0 Å². The highest BCUT2D eigenvalue weighted by atomic mass is 16.2. The van der Waals surface area contributed by atoms with Crippen molar-refractivity contribution in [2.75, 3.05) is 14.1 Å². The second-order valence-electron chi connectivity index (χ2n) is 4.46. The van der Waals surface area contributed by atoms with Crippen molar-refractivity contribution in [3.8, 4) is 0 Å². The van der Waals surface area contributed by atoms with Gasteiger partial charge in [-0.25, -0.2) is 0 Å². The van der Waals surface area contributed by atoms with Crippen LogP contribution in [-0.4, -0.2) is 30.7 Å². The Kier molecular flexibility index (Phi) is 4.88. The van der Waals surface area contributed by atoms with Crippen LogP contribution in [0.2, 0.25) is 0 Å². The lowest BCUT2D eigenvalue weighted by molar-refractivity contribution is -0.128. The van der Waals surface area contributed by atoms with Gasteiger partial charge in [0.1, 0.15) is 0 Å². The van der Waals surface area contributed by atoms with Gasteiger partial charge < -0.3 is 4.90 Å². The van der Waals surface area contributed by atoms with Gasteiger partial charge in [-0.3, -0.25) is 9.59 Å². The summed E-state index contributed by atoms with van der Waals surface area (Å²) in [6, 6.07) is 9.21. The number of Topliss-reactive ketones (excluding diaryl/α,β-unsaturated/α-hetero) is 1. The molecule has 0 radical (unpaired) electrons. The van der Waals surface area contributed by atoms with Gasteiger partial charge in [0.2, 0.25) is 5.91 Å². The van der Waals surface area contributed by atoms with Crippen LogP contribution in [0.5, 0.6) is 0 Å². The Balaban J connectivity index is 2.51. The number of ketones is 1. The molecule has 0 fully saturated rings.